The van der Waals surface area contributed by atoms with Crippen LogP contribution in [0.1, 0.15) is 23.1 Å². The van der Waals surface area contributed by atoms with E-state index >= 15 is 0 Å². The molecule has 2 N–H and O–H groups in total. The zero-order chi connectivity index (χ0) is 13.9. The molecule has 3 heteroatoms. The molecule has 0 unspecified atom stereocenters. The zero-order valence-electron chi connectivity index (χ0n) is 11.3. The van der Waals surface area contributed by atoms with Gasteiger partial charge in [-0.25, -0.2) is 0 Å². The lowest BCUT2D eigenvalue weighted by Gasteiger charge is -2.23. The Morgan fingerprint density at radius 2 is 1.90 bits per heavy atom. The summed E-state index contributed by atoms with van der Waals surface area (Å²) in [7, 11) is 0. The highest BCUT2D eigenvalue weighted by atomic mass is 15.1. The molecule has 100 valence electrons. The van der Waals surface area contributed by atoms with Crippen LogP contribution in [0.25, 0.3) is 0 Å². The van der Waals surface area contributed by atoms with Gasteiger partial charge in [-0.05, 0) is 42.2 Å². The second kappa shape index (κ2) is 5.26. The smallest absolute Gasteiger partial charge is 0.101 e. The highest BCUT2D eigenvalue weighted by molar-refractivity contribution is 5.63. The Morgan fingerprint density at radius 3 is 2.70 bits per heavy atom. The van der Waals surface area contributed by atoms with Crippen molar-refractivity contribution in [2.45, 2.75) is 19.4 Å². The fourth-order valence-corrected chi connectivity index (χ4v) is 2.76. The standard InChI is InChI=1S/C17H17N3/c18-11-15-10-16(7-8-17(15)19)20-9-3-6-13-4-1-2-5-14(13)12-20/h1-2,4-5,7-8,10H,3,6,9,12,19H2. The summed E-state index contributed by atoms with van der Waals surface area (Å²) in [5.74, 6) is 0. The number of hydrogen-bond donors (Lipinski definition) is 1. The van der Waals surface area contributed by atoms with Crippen molar-refractivity contribution in [3.8, 4) is 6.07 Å². The molecular formula is C17H17N3. The van der Waals surface area contributed by atoms with Crippen molar-refractivity contribution < 1.29 is 0 Å². The van der Waals surface area contributed by atoms with Gasteiger partial charge in [0.2, 0.25) is 0 Å². The number of benzene rings is 2. The number of fused-ring (bicyclic) bond motifs is 1. The first-order valence-electron chi connectivity index (χ1n) is 6.89. The summed E-state index contributed by atoms with van der Waals surface area (Å²) in [6.07, 6.45) is 2.25. The van der Waals surface area contributed by atoms with Gasteiger partial charge in [0, 0.05) is 24.5 Å². The van der Waals surface area contributed by atoms with Crippen LogP contribution in [0.3, 0.4) is 0 Å². The number of aryl methyl sites for hydroxylation is 1. The molecule has 2 aromatic carbocycles. The minimum Gasteiger partial charge on any atom is -0.398 e. The van der Waals surface area contributed by atoms with Crippen molar-refractivity contribution in [1.29, 1.82) is 5.26 Å². The fraction of sp³-hybridized carbons (Fsp3) is 0.235. The van der Waals surface area contributed by atoms with Crippen LogP contribution < -0.4 is 10.6 Å². The number of nitrogens with two attached hydrogens (primary N) is 1. The van der Waals surface area contributed by atoms with Gasteiger partial charge in [-0.1, -0.05) is 24.3 Å². The van der Waals surface area contributed by atoms with Gasteiger partial charge in [0.05, 0.1) is 5.56 Å². The van der Waals surface area contributed by atoms with Gasteiger partial charge in [-0.2, -0.15) is 5.26 Å². The molecule has 0 saturated carbocycles. The van der Waals surface area contributed by atoms with Gasteiger partial charge in [0.25, 0.3) is 0 Å². The molecule has 0 radical (unpaired) electrons. The molecule has 0 atom stereocenters. The fourth-order valence-electron chi connectivity index (χ4n) is 2.76. The predicted octanol–water partition coefficient (Wildman–Crippen LogP) is 3.09. The third-order valence-corrected chi connectivity index (χ3v) is 3.88. The van der Waals surface area contributed by atoms with Gasteiger partial charge in [0.1, 0.15) is 6.07 Å². The number of nitrogens with zero attached hydrogens (tertiary/aromatic N) is 2. The quantitative estimate of drug-likeness (QED) is 0.804. The largest absolute Gasteiger partial charge is 0.398 e. The number of anilines is 2. The first-order valence-corrected chi connectivity index (χ1v) is 6.89. The molecule has 2 aromatic rings. The van der Waals surface area contributed by atoms with Crippen LogP contribution in [0.5, 0.6) is 0 Å². The van der Waals surface area contributed by atoms with E-state index in [1.54, 1.807) is 0 Å². The van der Waals surface area contributed by atoms with Gasteiger partial charge in [0.15, 0.2) is 0 Å². The van der Waals surface area contributed by atoms with E-state index in [-0.39, 0.29) is 0 Å². The maximum absolute atomic E-state index is 9.11. The maximum Gasteiger partial charge on any atom is 0.101 e. The Morgan fingerprint density at radius 1 is 1.10 bits per heavy atom. The van der Waals surface area contributed by atoms with Crippen LogP contribution in [-0.2, 0) is 13.0 Å². The Hall–Kier alpha value is -2.47. The normalized spacial score (nSPS) is 14.2. The first kappa shape index (κ1) is 12.6. The summed E-state index contributed by atoms with van der Waals surface area (Å²) in [5, 5.41) is 9.11. The Kier molecular flexibility index (Phi) is 3.30. The predicted molar refractivity (Wildman–Crippen MR) is 81.4 cm³/mol. The van der Waals surface area contributed by atoms with Crippen molar-refractivity contribution >= 4 is 11.4 Å². The van der Waals surface area contributed by atoms with Gasteiger partial charge < -0.3 is 10.6 Å². The van der Waals surface area contributed by atoms with E-state index in [1.807, 2.05) is 18.2 Å². The summed E-state index contributed by atoms with van der Waals surface area (Å²) in [5.41, 5.74) is 10.8. The molecule has 3 rings (SSSR count). The summed E-state index contributed by atoms with van der Waals surface area (Å²) in [6, 6.07) is 16.5. The van der Waals surface area contributed by atoms with Crippen molar-refractivity contribution in [3.05, 3.63) is 59.2 Å². The van der Waals surface area contributed by atoms with Crippen LogP contribution in [-0.4, -0.2) is 6.54 Å². The molecule has 0 aliphatic carbocycles. The first-order chi connectivity index (χ1) is 9.78. The molecule has 0 amide bonds. The molecule has 1 heterocycles. The molecule has 0 spiro atoms. The van der Waals surface area contributed by atoms with E-state index < -0.39 is 0 Å². The number of hydrogen-bond acceptors (Lipinski definition) is 3. The van der Waals surface area contributed by atoms with Gasteiger partial charge in [-0.3, -0.25) is 0 Å². The van der Waals surface area contributed by atoms with E-state index in [4.69, 9.17) is 11.0 Å². The Bertz CT molecular complexity index is 670. The molecule has 0 saturated heterocycles. The monoisotopic (exact) mass is 263 g/mol. The van der Waals surface area contributed by atoms with Crippen LogP contribution >= 0.6 is 0 Å². The number of nitrogen functional groups attached to an aromatic ring is 1. The second-order valence-electron chi connectivity index (χ2n) is 5.18. The SMILES string of the molecule is N#Cc1cc(N2CCCc3ccccc3C2)ccc1N. The van der Waals surface area contributed by atoms with Gasteiger partial charge >= 0.3 is 0 Å². The van der Waals surface area contributed by atoms with Crippen LogP contribution in [0.15, 0.2) is 42.5 Å². The van der Waals surface area contributed by atoms with E-state index in [0.29, 0.717) is 11.3 Å². The number of nitriles is 1. The molecule has 1 aliphatic heterocycles. The van der Waals surface area contributed by atoms with Crippen molar-refractivity contribution in [3.63, 3.8) is 0 Å². The highest BCUT2D eigenvalue weighted by Gasteiger charge is 2.15. The third kappa shape index (κ3) is 2.33. The van der Waals surface area contributed by atoms with Crippen LogP contribution in [0.2, 0.25) is 0 Å². The molecule has 0 aromatic heterocycles. The number of rotatable bonds is 1. The third-order valence-electron chi connectivity index (χ3n) is 3.88. The highest BCUT2D eigenvalue weighted by Crippen LogP contribution is 2.26. The molecule has 3 nitrogen and oxygen atoms in total. The lowest BCUT2D eigenvalue weighted by Crippen LogP contribution is -2.22. The van der Waals surface area contributed by atoms with Crippen molar-refractivity contribution in [1.82, 2.24) is 0 Å². The topological polar surface area (TPSA) is 53.0 Å². The lowest BCUT2D eigenvalue weighted by molar-refractivity contribution is 0.766. The van der Waals surface area contributed by atoms with E-state index in [0.717, 1.165) is 31.6 Å². The molecule has 1 aliphatic rings. The molecule has 0 fully saturated rings. The summed E-state index contributed by atoms with van der Waals surface area (Å²) in [6.45, 7) is 1.90. The molecular weight excluding hydrogens is 246 g/mol. The maximum atomic E-state index is 9.11. The minimum atomic E-state index is 0.548. The van der Waals surface area contributed by atoms with Crippen molar-refractivity contribution in [2.75, 3.05) is 17.2 Å². The zero-order valence-corrected chi connectivity index (χ0v) is 11.3. The average molecular weight is 263 g/mol. The Labute approximate surface area is 119 Å². The minimum absolute atomic E-state index is 0.548. The van der Waals surface area contributed by atoms with Crippen LogP contribution in [0, 0.1) is 11.3 Å². The van der Waals surface area contributed by atoms with E-state index in [1.165, 1.54) is 11.1 Å². The molecule has 0 bridgehead atoms. The summed E-state index contributed by atoms with van der Waals surface area (Å²) >= 11 is 0. The van der Waals surface area contributed by atoms with Crippen molar-refractivity contribution in [2.24, 2.45) is 0 Å². The average Bonchev–Trinajstić information content (AvgIpc) is 2.70. The summed E-state index contributed by atoms with van der Waals surface area (Å²) < 4.78 is 0. The van der Waals surface area contributed by atoms with Gasteiger partial charge in [-0.15, -0.1) is 0 Å². The second-order valence-corrected chi connectivity index (χ2v) is 5.18. The van der Waals surface area contributed by atoms with E-state index in [9.17, 15) is 0 Å². The Balaban J connectivity index is 1.94. The van der Waals surface area contributed by atoms with Crippen LogP contribution in [0.4, 0.5) is 11.4 Å². The summed E-state index contributed by atoms with van der Waals surface area (Å²) in [4.78, 5) is 2.33. The van der Waals surface area contributed by atoms with E-state index in [2.05, 4.69) is 35.2 Å². The molecule has 20 heavy (non-hydrogen) atoms. The lowest BCUT2D eigenvalue weighted by atomic mass is 10.0.